The first kappa shape index (κ1) is 14.2. The van der Waals surface area contributed by atoms with Gasteiger partial charge in [-0.05, 0) is 55.3 Å². The molecule has 0 aliphatic carbocycles. The normalized spacial score (nSPS) is 11.1. The van der Waals surface area contributed by atoms with Gasteiger partial charge in [0.05, 0.1) is 10.5 Å². The zero-order valence-corrected chi connectivity index (χ0v) is 12.9. The maximum Gasteiger partial charge on any atom is 0.161 e. The highest BCUT2D eigenvalue weighted by atomic mass is 35.5. The van der Waals surface area contributed by atoms with Gasteiger partial charge in [0, 0.05) is 10.9 Å². The quantitative estimate of drug-likeness (QED) is 0.564. The van der Waals surface area contributed by atoms with Crippen LogP contribution >= 0.6 is 23.2 Å². The van der Waals surface area contributed by atoms with Crippen molar-refractivity contribution >= 4 is 34.1 Å². The number of hydrogen-bond acceptors (Lipinski definition) is 2. The van der Waals surface area contributed by atoms with Gasteiger partial charge in [0.15, 0.2) is 5.82 Å². The molecule has 0 amide bonds. The third kappa shape index (κ3) is 2.59. The molecule has 0 N–H and O–H groups in total. The SMILES string of the molecule is Cc1cc(Cl)c2nc(-c3ccc(F)c(C)c3)nc(Cl)c2c1. The summed E-state index contributed by atoms with van der Waals surface area (Å²) in [5, 5.41) is 1.57. The van der Waals surface area contributed by atoms with Gasteiger partial charge in [-0.1, -0.05) is 23.2 Å². The van der Waals surface area contributed by atoms with Gasteiger partial charge in [-0.2, -0.15) is 0 Å². The Bertz CT molecular complexity index is 863. The largest absolute Gasteiger partial charge is 0.226 e. The van der Waals surface area contributed by atoms with Crippen LogP contribution in [0.2, 0.25) is 10.2 Å². The minimum absolute atomic E-state index is 0.265. The van der Waals surface area contributed by atoms with Crippen molar-refractivity contribution in [2.45, 2.75) is 13.8 Å². The molecule has 0 saturated carbocycles. The molecule has 2 nitrogen and oxygen atoms in total. The standard InChI is InChI=1S/C16H11Cl2FN2/c1-8-5-11-14(12(17)6-8)20-16(21-15(11)18)10-3-4-13(19)9(2)7-10/h3-7H,1-2H3. The van der Waals surface area contributed by atoms with Gasteiger partial charge in [0.25, 0.3) is 0 Å². The highest BCUT2D eigenvalue weighted by Gasteiger charge is 2.12. The number of aromatic nitrogens is 2. The first-order valence-electron chi connectivity index (χ1n) is 6.35. The molecule has 5 heteroatoms. The van der Waals surface area contributed by atoms with Crippen LogP contribution in [0.3, 0.4) is 0 Å². The van der Waals surface area contributed by atoms with E-state index in [0.29, 0.717) is 38.0 Å². The second kappa shape index (κ2) is 5.24. The summed E-state index contributed by atoms with van der Waals surface area (Å²) in [6, 6.07) is 8.43. The lowest BCUT2D eigenvalue weighted by Crippen LogP contribution is -1.94. The topological polar surface area (TPSA) is 25.8 Å². The van der Waals surface area contributed by atoms with Gasteiger partial charge in [0.1, 0.15) is 11.0 Å². The second-order valence-corrected chi connectivity index (χ2v) is 5.71. The van der Waals surface area contributed by atoms with E-state index in [-0.39, 0.29) is 5.82 Å². The van der Waals surface area contributed by atoms with E-state index < -0.39 is 0 Å². The van der Waals surface area contributed by atoms with Crippen LogP contribution in [0.4, 0.5) is 4.39 Å². The molecule has 0 bridgehead atoms. The lowest BCUT2D eigenvalue weighted by molar-refractivity contribution is 0.618. The van der Waals surface area contributed by atoms with Crippen molar-refractivity contribution in [2.24, 2.45) is 0 Å². The molecule has 0 unspecified atom stereocenters. The summed E-state index contributed by atoms with van der Waals surface area (Å²) >= 11 is 12.5. The van der Waals surface area contributed by atoms with E-state index in [1.807, 2.05) is 19.1 Å². The van der Waals surface area contributed by atoms with Crippen molar-refractivity contribution in [3.8, 4) is 11.4 Å². The van der Waals surface area contributed by atoms with Crippen molar-refractivity contribution in [3.63, 3.8) is 0 Å². The van der Waals surface area contributed by atoms with E-state index >= 15 is 0 Å². The average Bonchev–Trinajstić information content (AvgIpc) is 2.43. The van der Waals surface area contributed by atoms with Crippen LogP contribution in [0.25, 0.3) is 22.3 Å². The highest BCUT2D eigenvalue weighted by molar-refractivity contribution is 6.38. The Balaban J connectivity index is 2.27. The molecule has 3 rings (SSSR count). The Morgan fingerprint density at radius 3 is 2.48 bits per heavy atom. The van der Waals surface area contributed by atoms with Crippen LogP contribution in [-0.2, 0) is 0 Å². The summed E-state index contributed by atoms with van der Waals surface area (Å²) in [5.41, 5.74) is 2.82. The second-order valence-electron chi connectivity index (χ2n) is 4.94. The number of fused-ring (bicyclic) bond motifs is 1. The molecular formula is C16H11Cl2FN2. The smallest absolute Gasteiger partial charge is 0.161 e. The molecular weight excluding hydrogens is 310 g/mol. The third-order valence-electron chi connectivity index (χ3n) is 3.27. The summed E-state index contributed by atoms with van der Waals surface area (Å²) in [4.78, 5) is 8.77. The van der Waals surface area contributed by atoms with E-state index in [9.17, 15) is 4.39 Å². The molecule has 3 aromatic rings. The Labute approximate surface area is 131 Å². The number of hydrogen-bond donors (Lipinski definition) is 0. The predicted octanol–water partition coefficient (Wildman–Crippen LogP) is 5.36. The van der Waals surface area contributed by atoms with E-state index in [4.69, 9.17) is 23.2 Å². The molecule has 0 fully saturated rings. The lowest BCUT2D eigenvalue weighted by Gasteiger charge is -2.08. The zero-order chi connectivity index (χ0) is 15.1. The van der Waals surface area contributed by atoms with Crippen molar-refractivity contribution in [2.75, 3.05) is 0 Å². The molecule has 0 atom stereocenters. The van der Waals surface area contributed by atoms with E-state index in [1.165, 1.54) is 6.07 Å². The highest BCUT2D eigenvalue weighted by Crippen LogP contribution is 2.30. The minimum atomic E-state index is -0.265. The summed E-state index contributed by atoms with van der Waals surface area (Å²) in [6.07, 6.45) is 0. The molecule has 0 spiro atoms. The zero-order valence-electron chi connectivity index (χ0n) is 11.4. The lowest BCUT2D eigenvalue weighted by atomic mass is 10.1. The van der Waals surface area contributed by atoms with Crippen molar-refractivity contribution < 1.29 is 4.39 Å². The first-order valence-corrected chi connectivity index (χ1v) is 7.11. The summed E-state index contributed by atoms with van der Waals surface area (Å²) in [6.45, 7) is 3.62. The Kier molecular flexibility index (Phi) is 3.56. The summed E-state index contributed by atoms with van der Waals surface area (Å²) in [5.74, 6) is 0.167. The third-order valence-corrected chi connectivity index (χ3v) is 3.84. The molecule has 0 aliphatic heterocycles. The number of rotatable bonds is 1. The Morgan fingerprint density at radius 2 is 1.76 bits per heavy atom. The van der Waals surface area contributed by atoms with Gasteiger partial charge in [-0.3, -0.25) is 0 Å². The number of halogens is 3. The minimum Gasteiger partial charge on any atom is -0.226 e. The molecule has 1 aromatic heterocycles. The molecule has 1 heterocycles. The van der Waals surface area contributed by atoms with Crippen LogP contribution in [0, 0.1) is 19.7 Å². The Morgan fingerprint density at radius 1 is 1.00 bits per heavy atom. The van der Waals surface area contributed by atoms with E-state index in [0.717, 1.165) is 5.56 Å². The number of benzene rings is 2. The van der Waals surface area contributed by atoms with Crippen LogP contribution in [0.1, 0.15) is 11.1 Å². The number of nitrogens with zero attached hydrogens (tertiary/aromatic N) is 2. The van der Waals surface area contributed by atoms with E-state index in [2.05, 4.69) is 9.97 Å². The van der Waals surface area contributed by atoms with Gasteiger partial charge >= 0.3 is 0 Å². The maximum atomic E-state index is 13.4. The fourth-order valence-electron chi connectivity index (χ4n) is 2.20. The van der Waals surface area contributed by atoms with Gasteiger partial charge in [-0.25, -0.2) is 14.4 Å². The van der Waals surface area contributed by atoms with Crippen LogP contribution in [-0.4, -0.2) is 9.97 Å². The molecule has 0 saturated heterocycles. The number of aryl methyl sites for hydroxylation is 2. The van der Waals surface area contributed by atoms with Crippen LogP contribution in [0.15, 0.2) is 30.3 Å². The fourth-order valence-corrected chi connectivity index (χ4v) is 2.74. The van der Waals surface area contributed by atoms with Gasteiger partial charge < -0.3 is 0 Å². The summed E-state index contributed by atoms with van der Waals surface area (Å²) in [7, 11) is 0. The molecule has 0 radical (unpaired) electrons. The first-order chi connectivity index (χ1) is 9.95. The summed E-state index contributed by atoms with van der Waals surface area (Å²) < 4.78 is 13.4. The van der Waals surface area contributed by atoms with Crippen LogP contribution in [0.5, 0.6) is 0 Å². The van der Waals surface area contributed by atoms with Crippen molar-refractivity contribution in [3.05, 3.63) is 57.5 Å². The predicted molar refractivity (Wildman–Crippen MR) is 84.4 cm³/mol. The van der Waals surface area contributed by atoms with Gasteiger partial charge in [-0.15, -0.1) is 0 Å². The fraction of sp³-hybridized carbons (Fsp3) is 0.125. The molecule has 106 valence electrons. The van der Waals surface area contributed by atoms with E-state index in [1.54, 1.807) is 19.1 Å². The maximum absolute atomic E-state index is 13.4. The average molecular weight is 321 g/mol. The van der Waals surface area contributed by atoms with Crippen molar-refractivity contribution in [1.29, 1.82) is 0 Å². The Hall–Kier alpha value is -1.71. The monoisotopic (exact) mass is 320 g/mol. The van der Waals surface area contributed by atoms with Crippen LogP contribution < -0.4 is 0 Å². The molecule has 0 aliphatic rings. The molecule has 21 heavy (non-hydrogen) atoms. The van der Waals surface area contributed by atoms with Gasteiger partial charge in [0.2, 0.25) is 0 Å². The van der Waals surface area contributed by atoms with Crippen molar-refractivity contribution in [1.82, 2.24) is 9.97 Å². The molecule has 2 aromatic carbocycles.